The van der Waals surface area contributed by atoms with Gasteiger partial charge in [-0.25, -0.2) is 9.97 Å². The zero-order chi connectivity index (χ0) is 10.6. The summed E-state index contributed by atoms with van der Waals surface area (Å²) in [6.45, 7) is 3.79. The molecule has 76 valence electrons. The minimum atomic E-state index is -0.504. The summed E-state index contributed by atoms with van der Waals surface area (Å²) in [4.78, 5) is 19.0. The fraction of sp³-hybridized carbons (Fsp3) is 0.444. The minimum absolute atomic E-state index is 0.111. The molecule has 0 saturated carbocycles. The zero-order valence-corrected chi connectivity index (χ0v) is 8.27. The first-order valence-corrected chi connectivity index (χ1v) is 4.42. The van der Waals surface area contributed by atoms with Crippen molar-refractivity contribution in [3.63, 3.8) is 0 Å². The van der Waals surface area contributed by atoms with Gasteiger partial charge in [0.15, 0.2) is 0 Å². The largest absolute Gasteiger partial charge is 0.322 e. The van der Waals surface area contributed by atoms with E-state index >= 15 is 0 Å². The van der Waals surface area contributed by atoms with E-state index in [1.165, 1.54) is 18.7 Å². The van der Waals surface area contributed by atoms with Gasteiger partial charge in [0.05, 0.1) is 24.1 Å². The van der Waals surface area contributed by atoms with Crippen molar-refractivity contribution in [1.29, 1.82) is 0 Å². The number of rotatable bonds is 3. The Morgan fingerprint density at radius 2 is 2.00 bits per heavy atom. The standard InChI is InChI=1S/C9H14N4O/c1-6(2)8(10)9(14)13-7-3-11-5-12-4-7/h3-6,8H,10H2,1-2H3,(H,13,14)/t8-/m0/s1. The highest BCUT2D eigenvalue weighted by atomic mass is 16.2. The van der Waals surface area contributed by atoms with Crippen LogP contribution in [0.2, 0.25) is 0 Å². The molecule has 0 unspecified atom stereocenters. The van der Waals surface area contributed by atoms with E-state index in [0.29, 0.717) is 5.69 Å². The number of aromatic nitrogens is 2. The number of nitrogens with zero attached hydrogens (tertiary/aromatic N) is 2. The van der Waals surface area contributed by atoms with Gasteiger partial charge >= 0.3 is 0 Å². The van der Waals surface area contributed by atoms with Gasteiger partial charge < -0.3 is 11.1 Å². The first-order chi connectivity index (χ1) is 6.61. The van der Waals surface area contributed by atoms with Gasteiger partial charge in [0.2, 0.25) is 5.91 Å². The SMILES string of the molecule is CC(C)[C@H](N)C(=O)Nc1cncnc1. The van der Waals surface area contributed by atoms with Crippen LogP contribution < -0.4 is 11.1 Å². The predicted molar refractivity (Wildman–Crippen MR) is 53.5 cm³/mol. The molecule has 5 heteroatoms. The molecule has 0 aliphatic rings. The maximum atomic E-state index is 11.5. The van der Waals surface area contributed by atoms with E-state index in [1.54, 1.807) is 0 Å². The monoisotopic (exact) mass is 194 g/mol. The summed E-state index contributed by atoms with van der Waals surface area (Å²) in [5.74, 6) is -0.102. The van der Waals surface area contributed by atoms with E-state index in [9.17, 15) is 4.79 Å². The highest BCUT2D eigenvalue weighted by molar-refractivity contribution is 5.94. The molecule has 14 heavy (non-hydrogen) atoms. The number of carbonyl (C=O) groups is 1. The van der Waals surface area contributed by atoms with Gasteiger partial charge in [0, 0.05) is 0 Å². The maximum absolute atomic E-state index is 11.5. The van der Waals surface area contributed by atoms with Crippen molar-refractivity contribution in [2.75, 3.05) is 5.32 Å². The van der Waals surface area contributed by atoms with Gasteiger partial charge in [-0.2, -0.15) is 0 Å². The van der Waals surface area contributed by atoms with Crippen LogP contribution in [0.5, 0.6) is 0 Å². The first kappa shape index (κ1) is 10.6. The Bertz CT molecular complexity index is 299. The molecule has 0 saturated heterocycles. The van der Waals surface area contributed by atoms with Crippen molar-refractivity contribution in [2.24, 2.45) is 11.7 Å². The molecule has 1 aromatic heterocycles. The Hall–Kier alpha value is -1.49. The van der Waals surface area contributed by atoms with E-state index in [2.05, 4.69) is 15.3 Å². The lowest BCUT2D eigenvalue weighted by Gasteiger charge is -2.14. The normalized spacial score (nSPS) is 12.6. The fourth-order valence-corrected chi connectivity index (χ4v) is 0.892. The number of amides is 1. The molecule has 1 amide bonds. The smallest absolute Gasteiger partial charge is 0.241 e. The molecule has 1 heterocycles. The lowest BCUT2D eigenvalue weighted by Crippen LogP contribution is -2.39. The van der Waals surface area contributed by atoms with E-state index in [1.807, 2.05) is 13.8 Å². The molecule has 0 aromatic carbocycles. The quantitative estimate of drug-likeness (QED) is 0.729. The molecule has 1 aromatic rings. The highest BCUT2D eigenvalue weighted by Gasteiger charge is 2.16. The Labute approximate surface area is 82.7 Å². The fourth-order valence-electron chi connectivity index (χ4n) is 0.892. The second kappa shape index (κ2) is 4.66. The van der Waals surface area contributed by atoms with Crippen molar-refractivity contribution < 1.29 is 4.79 Å². The molecule has 3 N–H and O–H groups in total. The predicted octanol–water partition coefficient (Wildman–Crippen LogP) is 0.398. The second-order valence-electron chi connectivity index (χ2n) is 3.39. The summed E-state index contributed by atoms with van der Waals surface area (Å²) >= 11 is 0. The van der Waals surface area contributed by atoms with Gasteiger partial charge in [0.25, 0.3) is 0 Å². The van der Waals surface area contributed by atoms with Crippen molar-refractivity contribution >= 4 is 11.6 Å². The Morgan fingerprint density at radius 3 is 2.50 bits per heavy atom. The third kappa shape index (κ3) is 2.77. The van der Waals surface area contributed by atoms with Crippen LogP contribution in [0, 0.1) is 5.92 Å². The van der Waals surface area contributed by atoms with Crippen LogP contribution in [0.15, 0.2) is 18.7 Å². The lowest BCUT2D eigenvalue weighted by molar-refractivity contribution is -0.118. The molecule has 5 nitrogen and oxygen atoms in total. The van der Waals surface area contributed by atoms with Gasteiger partial charge in [-0.1, -0.05) is 13.8 Å². The summed E-state index contributed by atoms with van der Waals surface area (Å²) in [6, 6.07) is -0.504. The second-order valence-corrected chi connectivity index (χ2v) is 3.39. The Kier molecular flexibility index (Phi) is 3.53. The van der Waals surface area contributed by atoms with Crippen LogP contribution in [0.4, 0.5) is 5.69 Å². The van der Waals surface area contributed by atoms with Gasteiger partial charge in [-0.05, 0) is 5.92 Å². The molecule has 0 radical (unpaired) electrons. The third-order valence-corrected chi connectivity index (χ3v) is 1.85. The van der Waals surface area contributed by atoms with Crippen molar-refractivity contribution in [3.8, 4) is 0 Å². The summed E-state index contributed by atoms with van der Waals surface area (Å²) < 4.78 is 0. The van der Waals surface area contributed by atoms with Crippen molar-refractivity contribution in [2.45, 2.75) is 19.9 Å². The molecule has 0 aliphatic carbocycles. The molecule has 0 spiro atoms. The van der Waals surface area contributed by atoms with E-state index in [0.717, 1.165) is 0 Å². The number of nitrogens with two attached hydrogens (primary N) is 1. The van der Waals surface area contributed by atoms with Gasteiger partial charge in [-0.15, -0.1) is 0 Å². The third-order valence-electron chi connectivity index (χ3n) is 1.85. The van der Waals surface area contributed by atoms with Gasteiger partial charge in [0.1, 0.15) is 6.33 Å². The van der Waals surface area contributed by atoms with Crippen LogP contribution in [-0.4, -0.2) is 21.9 Å². The Balaban J connectivity index is 2.58. The summed E-state index contributed by atoms with van der Waals surface area (Å²) in [5, 5.41) is 2.63. The summed E-state index contributed by atoms with van der Waals surface area (Å²) in [7, 11) is 0. The number of hydrogen-bond donors (Lipinski definition) is 2. The molecular formula is C9H14N4O. The molecule has 0 fully saturated rings. The van der Waals surface area contributed by atoms with Crippen LogP contribution in [0.1, 0.15) is 13.8 Å². The van der Waals surface area contributed by atoms with Crippen LogP contribution in [-0.2, 0) is 4.79 Å². The summed E-state index contributed by atoms with van der Waals surface area (Å²) in [6.07, 6.45) is 4.45. The van der Waals surface area contributed by atoms with Crippen LogP contribution in [0.3, 0.4) is 0 Å². The minimum Gasteiger partial charge on any atom is -0.322 e. The van der Waals surface area contributed by atoms with E-state index in [4.69, 9.17) is 5.73 Å². The summed E-state index contributed by atoms with van der Waals surface area (Å²) in [5.41, 5.74) is 6.22. The molecule has 0 bridgehead atoms. The molecule has 0 aliphatic heterocycles. The first-order valence-electron chi connectivity index (χ1n) is 4.42. The zero-order valence-electron chi connectivity index (χ0n) is 8.27. The average Bonchev–Trinajstić information content (AvgIpc) is 2.18. The van der Waals surface area contributed by atoms with E-state index < -0.39 is 6.04 Å². The highest BCUT2D eigenvalue weighted by Crippen LogP contribution is 2.04. The van der Waals surface area contributed by atoms with Crippen LogP contribution in [0.25, 0.3) is 0 Å². The number of carbonyl (C=O) groups excluding carboxylic acids is 1. The maximum Gasteiger partial charge on any atom is 0.241 e. The van der Waals surface area contributed by atoms with E-state index in [-0.39, 0.29) is 11.8 Å². The number of anilines is 1. The average molecular weight is 194 g/mol. The van der Waals surface area contributed by atoms with Crippen LogP contribution >= 0.6 is 0 Å². The molecule has 1 atom stereocenters. The number of hydrogen-bond acceptors (Lipinski definition) is 4. The molecular weight excluding hydrogens is 180 g/mol. The lowest BCUT2D eigenvalue weighted by atomic mass is 10.1. The van der Waals surface area contributed by atoms with Crippen molar-refractivity contribution in [3.05, 3.63) is 18.7 Å². The topological polar surface area (TPSA) is 80.9 Å². The van der Waals surface area contributed by atoms with Gasteiger partial charge in [-0.3, -0.25) is 4.79 Å². The number of nitrogens with one attached hydrogen (secondary N) is 1. The van der Waals surface area contributed by atoms with Crippen molar-refractivity contribution in [1.82, 2.24) is 9.97 Å². The Morgan fingerprint density at radius 1 is 1.43 bits per heavy atom. The molecule has 1 rings (SSSR count).